The molecular formula is CH5BO4. The van der Waals surface area contributed by atoms with Crippen LogP contribution in [0, 0.1) is 0 Å². The first kappa shape index (κ1) is 9.15. The van der Waals surface area contributed by atoms with Gasteiger partial charge in [-0.2, -0.15) is 0 Å². The SMILES string of the molecule is O.O=CB(O)O. The third kappa shape index (κ3) is 9.48. The van der Waals surface area contributed by atoms with Gasteiger partial charge in [-0.05, 0) is 0 Å². The van der Waals surface area contributed by atoms with Gasteiger partial charge in [-0.1, -0.05) is 0 Å². The molecule has 6 heavy (non-hydrogen) atoms. The molecule has 0 spiro atoms. The van der Waals surface area contributed by atoms with Gasteiger partial charge in [0.1, 0.15) is 0 Å². The molecule has 0 fully saturated rings. The van der Waals surface area contributed by atoms with Crippen LogP contribution >= 0.6 is 0 Å². The van der Waals surface area contributed by atoms with Gasteiger partial charge >= 0.3 is 7.12 Å². The molecule has 0 saturated carbocycles. The first-order valence-corrected chi connectivity index (χ1v) is 1.09. The summed E-state index contributed by atoms with van der Waals surface area (Å²) in [5, 5.41) is 15.1. The van der Waals surface area contributed by atoms with Gasteiger partial charge in [0.2, 0.25) is 0 Å². The average Bonchev–Trinajstić information content (AvgIpc) is 1.38. The summed E-state index contributed by atoms with van der Waals surface area (Å²) in [4.78, 5) is 9.00. The van der Waals surface area contributed by atoms with E-state index in [9.17, 15) is 0 Å². The number of hydrogen-bond acceptors (Lipinski definition) is 3. The number of rotatable bonds is 1. The topological polar surface area (TPSA) is 89.0 Å². The van der Waals surface area contributed by atoms with E-state index in [0.717, 1.165) is 0 Å². The molecule has 0 saturated heterocycles. The van der Waals surface area contributed by atoms with Crippen LogP contribution in [0.2, 0.25) is 0 Å². The van der Waals surface area contributed by atoms with Crippen molar-refractivity contribution in [1.82, 2.24) is 0 Å². The normalized spacial score (nSPS) is 5.67. The second-order valence-electron chi connectivity index (χ2n) is 0.550. The highest BCUT2D eigenvalue weighted by Crippen LogP contribution is 1.46. The van der Waals surface area contributed by atoms with Crippen molar-refractivity contribution in [3.63, 3.8) is 0 Å². The van der Waals surface area contributed by atoms with E-state index >= 15 is 0 Å². The minimum Gasteiger partial charge on any atom is -0.421 e. The van der Waals surface area contributed by atoms with Gasteiger partial charge in [0.25, 0.3) is 0 Å². The molecule has 36 valence electrons. The fourth-order valence-electron chi connectivity index (χ4n) is 0. The molecule has 0 radical (unpaired) electrons. The molecule has 4 N–H and O–H groups in total. The molecule has 5 heteroatoms. The molecule has 0 bridgehead atoms. The van der Waals surface area contributed by atoms with E-state index in [4.69, 9.17) is 14.8 Å². The van der Waals surface area contributed by atoms with E-state index in [1.807, 2.05) is 0 Å². The third-order valence-corrected chi connectivity index (χ3v) is 0.122. The number of hydrogen-bond donors (Lipinski definition) is 2. The molecule has 0 unspecified atom stereocenters. The highest BCUT2D eigenvalue weighted by atomic mass is 16.4. The average molecular weight is 91.9 g/mol. The van der Waals surface area contributed by atoms with Gasteiger partial charge in [-0.3, -0.25) is 0 Å². The van der Waals surface area contributed by atoms with Crippen molar-refractivity contribution in [2.45, 2.75) is 0 Å². The molecule has 0 aromatic carbocycles. The molecule has 0 rings (SSSR count). The van der Waals surface area contributed by atoms with E-state index < -0.39 is 7.12 Å². The Balaban J connectivity index is 0. The van der Waals surface area contributed by atoms with Gasteiger partial charge in [-0.15, -0.1) is 0 Å². The van der Waals surface area contributed by atoms with Crippen molar-refractivity contribution in [2.24, 2.45) is 0 Å². The Morgan fingerprint density at radius 3 is 1.67 bits per heavy atom. The first-order chi connectivity index (χ1) is 2.27. The minimum absolute atomic E-state index is 0. The van der Waals surface area contributed by atoms with Crippen LogP contribution in [0.15, 0.2) is 0 Å². The molecule has 0 atom stereocenters. The van der Waals surface area contributed by atoms with Crippen molar-refractivity contribution in [1.29, 1.82) is 0 Å². The summed E-state index contributed by atoms with van der Waals surface area (Å²) >= 11 is 0. The molecule has 4 nitrogen and oxygen atoms in total. The predicted molar refractivity (Wildman–Crippen MR) is 20.6 cm³/mol. The van der Waals surface area contributed by atoms with Crippen LogP contribution in [-0.2, 0) is 4.79 Å². The van der Waals surface area contributed by atoms with Gasteiger partial charge < -0.3 is 20.3 Å². The number of carbonyl (C=O) groups is 1. The quantitative estimate of drug-likeness (QED) is 0.274. The van der Waals surface area contributed by atoms with Crippen LogP contribution in [0.3, 0.4) is 0 Å². The van der Waals surface area contributed by atoms with E-state index in [-0.39, 0.29) is 11.7 Å². The molecule has 0 aliphatic carbocycles. The third-order valence-electron chi connectivity index (χ3n) is 0.122. The zero-order valence-corrected chi connectivity index (χ0v) is 2.96. The van der Waals surface area contributed by atoms with Gasteiger partial charge in [-0.25, -0.2) is 0 Å². The van der Waals surface area contributed by atoms with E-state index in [0.29, 0.717) is 0 Å². The second kappa shape index (κ2) is 4.61. The maximum atomic E-state index is 9.00. The van der Waals surface area contributed by atoms with Crippen LogP contribution in [0.25, 0.3) is 0 Å². The second-order valence-corrected chi connectivity index (χ2v) is 0.550. The summed E-state index contributed by atoms with van der Waals surface area (Å²) in [5.74, 6) is 0. The molecule has 0 aliphatic heterocycles. The summed E-state index contributed by atoms with van der Waals surface area (Å²) in [6, 6.07) is 0. The van der Waals surface area contributed by atoms with Gasteiger partial charge in [0.05, 0.1) is 0 Å². The Hall–Kier alpha value is -0.385. The predicted octanol–water partition coefficient (Wildman–Crippen LogP) is -2.59. The first-order valence-electron chi connectivity index (χ1n) is 1.09. The molecule has 0 aromatic heterocycles. The molecule has 0 aliphatic rings. The van der Waals surface area contributed by atoms with Gasteiger partial charge in [0, 0.05) is 0 Å². The lowest BCUT2D eigenvalue weighted by atomic mass is 9.97. The molecule has 0 amide bonds. The Labute approximate surface area is 34.9 Å². The van der Waals surface area contributed by atoms with E-state index in [1.54, 1.807) is 0 Å². The van der Waals surface area contributed by atoms with Crippen molar-refractivity contribution in [3.8, 4) is 0 Å². The summed E-state index contributed by atoms with van der Waals surface area (Å²) in [6.45, 7) is 0. The van der Waals surface area contributed by atoms with Crippen LogP contribution in [0.5, 0.6) is 0 Å². The van der Waals surface area contributed by atoms with E-state index in [1.165, 1.54) is 0 Å². The van der Waals surface area contributed by atoms with Gasteiger partial charge in [0.15, 0.2) is 6.19 Å². The van der Waals surface area contributed by atoms with Crippen molar-refractivity contribution in [3.05, 3.63) is 0 Å². The summed E-state index contributed by atoms with van der Waals surface area (Å²) in [6.07, 6.45) is 0.0278. The van der Waals surface area contributed by atoms with Crippen molar-refractivity contribution in [2.75, 3.05) is 0 Å². The lowest BCUT2D eigenvalue weighted by Crippen LogP contribution is -2.11. The summed E-state index contributed by atoms with van der Waals surface area (Å²) in [5.41, 5.74) is 0. The highest BCUT2D eigenvalue weighted by Gasteiger charge is 1.98. The Morgan fingerprint density at radius 2 is 1.67 bits per heavy atom. The minimum atomic E-state index is -1.80. The Bertz CT molecular complexity index is 34.5. The van der Waals surface area contributed by atoms with Crippen LogP contribution < -0.4 is 0 Å². The van der Waals surface area contributed by atoms with Crippen LogP contribution in [-0.4, -0.2) is 28.8 Å². The lowest BCUT2D eigenvalue weighted by Gasteiger charge is -1.70. The zero-order chi connectivity index (χ0) is 4.28. The van der Waals surface area contributed by atoms with Crippen LogP contribution in [0.4, 0.5) is 0 Å². The lowest BCUT2D eigenvalue weighted by molar-refractivity contribution is 0.421. The smallest absolute Gasteiger partial charge is 0.421 e. The maximum absolute atomic E-state index is 9.00. The Morgan fingerprint density at radius 1 is 1.50 bits per heavy atom. The summed E-state index contributed by atoms with van der Waals surface area (Å²) < 4.78 is 0. The largest absolute Gasteiger partial charge is 0.523 e. The van der Waals surface area contributed by atoms with Crippen molar-refractivity contribution >= 4 is 13.3 Å². The fourth-order valence-corrected chi connectivity index (χ4v) is 0. The Kier molecular flexibility index (Phi) is 7.04. The number of carbonyl (C=O) groups excluding carboxylic acids is 1. The van der Waals surface area contributed by atoms with Crippen molar-refractivity contribution < 1.29 is 20.3 Å². The summed E-state index contributed by atoms with van der Waals surface area (Å²) in [7, 11) is -1.80. The monoisotopic (exact) mass is 92.0 g/mol. The molecular weight excluding hydrogens is 86.8 g/mol. The maximum Gasteiger partial charge on any atom is 0.523 e. The van der Waals surface area contributed by atoms with E-state index in [2.05, 4.69) is 0 Å². The molecule has 0 aromatic rings. The van der Waals surface area contributed by atoms with Crippen LogP contribution in [0.1, 0.15) is 0 Å². The fraction of sp³-hybridized carbons (Fsp3) is 0. The molecule has 0 heterocycles. The highest BCUT2D eigenvalue weighted by molar-refractivity contribution is 6.71. The standard InChI is InChI=1S/CH3BO3.H2O/c3-1-2(4)5;/h1,4-5H;1H2. The zero-order valence-electron chi connectivity index (χ0n) is 2.96.